The van der Waals surface area contributed by atoms with Crippen LogP contribution in [0, 0.1) is 0 Å². The Balaban J connectivity index is 1.76. The number of hydrogen-bond donors (Lipinski definition) is 6. The molecule has 200 valence electrons. The van der Waals surface area contributed by atoms with E-state index in [1.54, 1.807) is 0 Å². The molecule has 0 saturated heterocycles. The molecule has 0 aliphatic rings. The predicted molar refractivity (Wildman–Crippen MR) is 147 cm³/mol. The van der Waals surface area contributed by atoms with Crippen molar-refractivity contribution in [3.05, 3.63) is 83.4 Å². The van der Waals surface area contributed by atoms with Crippen molar-refractivity contribution < 1.29 is 14.4 Å². The van der Waals surface area contributed by atoms with Crippen molar-refractivity contribution in [2.24, 2.45) is 27.9 Å². The second kappa shape index (κ2) is 13.5. The van der Waals surface area contributed by atoms with Crippen LogP contribution < -0.4 is 33.6 Å². The molecular weight excluding hydrogens is 484 g/mol. The zero-order chi connectivity index (χ0) is 27.5. The van der Waals surface area contributed by atoms with E-state index in [4.69, 9.17) is 22.9 Å². The third kappa shape index (κ3) is 8.40. The molecule has 0 heterocycles. The second-order valence-corrected chi connectivity index (χ2v) is 8.87. The van der Waals surface area contributed by atoms with Crippen LogP contribution in [0.15, 0.2) is 71.7 Å². The number of hydrogen-bond acceptors (Lipinski definition) is 4. The lowest BCUT2D eigenvalue weighted by molar-refractivity contribution is -0.122. The lowest BCUT2D eigenvalue weighted by Gasteiger charge is -2.30. The first-order valence-electron chi connectivity index (χ1n) is 12.2. The zero-order valence-corrected chi connectivity index (χ0v) is 21.1. The normalized spacial score (nSPS) is 11.4. The van der Waals surface area contributed by atoms with Crippen LogP contribution in [-0.2, 0) is 24.4 Å². The van der Waals surface area contributed by atoms with Gasteiger partial charge in [0.15, 0.2) is 5.96 Å². The van der Waals surface area contributed by atoms with Crippen molar-refractivity contribution >= 4 is 34.7 Å². The number of carbonyl (C=O) groups is 3. The van der Waals surface area contributed by atoms with Crippen molar-refractivity contribution in [1.82, 2.24) is 15.5 Å². The van der Waals surface area contributed by atoms with E-state index < -0.39 is 24.0 Å². The summed E-state index contributed by atoms with van der Waals surface area (Å²) in [7, 11) is 0. The highest BCUT2D eigenvalue weighted by Crippen LogP contribution is 2.17. The number of nitrogens with one attached hydrogen (secondary N) is 2. The smallest absolute Gasteiger partial charge is 0.318 e. The fraction of sp³-hybridized carbons (Fsp3) is 0.259. The Labute approximate surface area is 221 Å². The van der Waals surface area contributed by atoms with Gasteiger partial charge in [-0.2, -0.15) is 0 Å². The van der Waals surface area contributed by atoms with E-state index in [0.717, 1.165) is 27.5 Å². The molecule has 11 heteroatoms. The van der Waals surface area contributed by atoms with Crippen molar-refractivity contribution in [3.63, 3.8) is 0 Å². The SMILES string of the molecule is NC(=O)NCc1ccc(CN(C(=O)NCc2ccc3ccccc3c2)[C@H](CCCN=C(N)N)C(N)=O)cc1. The van der Waals surface area contributed by atoms with Crippen LogP contribution in [-0.4, -0.2) is 41.4 Å². The molecule has 5 amide bonds. The number of amides is 5. The van der Waals surface area contributed by atoms with Crippen LogP contribution in [0.1, 0.15) is 29.5 Å². The van der Waals surface area contributed by atoms with Crippen LogP contribution >= 0.6 is 0 Å². The fourth-order valence-electron chi connectivity index (χ4n) is 4.04. The molecule has 3 aromatic rings. The molecule has 11 nitrogen and oxygen atoms in total. The van der Waals surface area contributed by atoms with E-state index in [-0.39, 0.29) is 32.0 Å². The number of rotatable bonds is 12. The Morgan fingerprint density at radius 1 is 0.789 bits per heavy atom. The molecule has 38 heavy (non-hydrogen) atoms. The predicted octanol–water partition coefficient (Wildman–Crippen LogP) is 1.63. The number of nitrogens with zero attached hydrogens (tertiary/aromatic N) is 2. The number of urea groups is 2. The quantitative estimate of drug-likeness (QED) is 0.120. The average molecular weight is 519 g/mol. The van der Waals surface area contributed by atoms with Crippen LogP contribution in [0.5, 0.6) is 0 Å². The summed E-state index contributed by atoms with van der Waals surface area (Å²) in [5.74, 6) is -0.672. The number of nitrogens with two attached hydrogens (primary N) is 4. The summed E-state index contributed by atoms with van der Waals surface area (Å²) in [6.45, 7) is 1.00. The molecular formula is C27H34N8O3. The van der Waals surface area contributed by atoms with Gasteiger partial charge in [-0.1, -0.05) is 60.7 Å². The third-order valence-corrected chi connectivity index (χ3v) is 6.00. The minimum atomic E-state index is -0.878. The summed E-state index contributed by atoms with van der Waals surface area (Å²) in [6.07, 6.45) is 0.744. The number of aliphatic imine (C=N–C) groups is 1. The zero-order valence-electron chi connectivity index (χ0n) is 21.1. The standard InChI is InChI=1S/C27H34N8O3/c28-24(36)23(6-3-13-32-25(29)30)35(17-19-9-7-18(8-10-19)15-33-26(31)37)27(38)34-16-20-11-12-21-4-1-2-5-22(21)14-20/h1-2,4-5,7-12,14,23H,3,6,13,15-17H2,(H2,28,36)(H,34,38)(H4,29,30,32)(H3,31,33,37)/t23-/m1/s1. The number of fused-ring (bicyclic) bond motifs is 1. The summed E-state index contributed by atoms with van der Waals surface area (Å²) in [4.78, 5) is 42.2. The number of carbonyl (C=O) groups excluding carboxylic acids is 3. The van der Waals surface area contributed by atoms with Gasteiger partial charge >= 0.3 is 12.1 Å². The van der Waals surface area contributed by atoms with Crippen molar-refractivity contribution in [3.8, 4) is 0 Å². The molecule has 1 atom stereocenters. The molecule has 0 spiro atoms. The van der Waals surface area contributed by atoms with Crippen molar-refractivity contribution in [1.29, 1.82) is 0 Å². The molecule has 10 N–H and O–H groups in total. The first-order chi connectivity index (χ1) is 18.2. The first-order valence-corrected chi connectivity index (χ1v) is 12.2. The average Bonchev–Trinajstić information content (AvgIpc) is 2.89. The number of guanidine groups is 1. The highest BCUT2D eigenvalue weighted by molar-refractivity contribution is 5.86. The van der Waals surface area contributed by atoms with E-state index in [1.165, 1.54) is 4.90 Å². The molecule has 0 aromatic heterocycles. The summed E-state index contributed by atoms with van der Waals surface area (Å²) < 4.78 is 0. The molecule has 0 aliphatic carbocycles. The van der Waals surface area contributed by atoms with Crippen LogP contribution in [0.4, 0.5) is 9.59 Å². The van der Waals surface area contributed by atoms with Gasteiger partial charge in [0.1, 0.15) is 6.04 Å². The molecule has 0 saturated carbocycles. The molecule has 0 radical (unpaired) electrons. The number of benzene rings is 3. The topological polar surface area (TPSA) is 195 Å². The van der Waals surface area contributed by atoms with Gasteiger partial charge in [-0.25, -0.2) is 9.59 Å². The Hall–Kier alpha value is -4.80. The van der Waals surface area contributed by atoms with Gasteiger partial charge < -0.3 is 38.5 Å². The summed E-state index contributed by atoms with van der Waals surface area (Å²) in [6, 6.07) is 19.3. The molecule has 3 rings (SSSR count). The maximum Gasteiger partial charge on any atom is 0.318 e. The lowest BCUT2D eigenvalue weighted by Crippen LogP contribution is -2.51. The van der Waals surface area contributed by atoms with Crippen LogP contribution in [0.25, 0.3) is 10.8 Å². The summed E-state index contributed by atoms with van der Waals surface area (Å²) >= 11 is 0. The van der Waals surface area contributed by atoms with Gasteiger partial charge in [-0.15, -0.1) is 0 Å². The minimum Gasteiger partial charge on any atom is -0.370 e. The monoisotopic (exact) mass is 518 g/mol. The number of primary amides is 2. The lowest BCUT2D eigenvalue weighted by atomic mass is 10.1. The minimum absolute atomic E-state index is 0.0449. The second-order valence-electron chi connectivity index (χ2n) is 8.87. The van der Waals surface area contributed by atoms with E-state index >= 15 is 0 Å². The van der Waals surface area contributed by atoms with Gasteiger partial charge in [-0.3, -0.25) is 9.79 Å². The Morgan fingerprint density at radius 2 is 1.42 bits per heavy atom. The first kappa shape index (κ1) is 27.8. The molecule has 3 aromatic carbocycles. The van der Waals surface area contributed by atoms with Crippen LogP contribution in [0.2, 0.25) is 0 Å². The Morgan fingerprint density at radius 3 is 2.08 bits per heavy atom. The summed E-state index contributed by atoms with van der Waals surface area (Å²) in [5, 5.41) is 7.62. The highest BCUT2D eigenvalue weighted by Gasteiger charge is 2.28. The molecule has 0 bridgehead atoms. The summed E-state index contributed by atoms with van der Waals surface area (Å²) in [5.41, 5.74) is 24.2. The van der Waals surface area contributed by atoms with Gasteiger partial charge in [0, 0.05) is 26.2 Å². The Kier molecular flexibility index (Phi) is 9.86. The third-order valence-electron chi connectivity index (χ3n) is 6.00. The maximum atomic E-state index is 13.4. The van der Waals surface area contributed by atoms with Gasteiger partial charge in [0.2, 0.25) is 5.91 Å². The molecule has 0 fully saturated rings. The fourth-order valence-corrected chi connectivity index (χ4v) is 4.04. The van der Waals surface area contributed by atoms with Crippen molar-refractivity contribution in [2.45, 2.75) is 38.5 Å². The van der Waals surface area contributed by atoms with Gasteiger partial charge in [0.05, 0.1) is 0 Å². The molecule has 0 aliphatic heterocycles. The van der Waals surface area contributed by atoms with E-state index in [0.29, 0.717) is 13.0 Å². The van der Waals surface area contributed by atoms with Gasteiger partial charge in [-0.05, 0) is 46.4 Å². The van der Waals surface area contributed by atoms with Crippen molar-refractivity contribution in [2.75, 3.05) is 6.54 Å². The van der Waals surface area contributed by atoms with Crippen LogP contribution in [0.3, 0.4) is 0 Å². The molecule has 0 unspecified atom stereocenters. The highest BCUT2D eigenvalue weighted by atomic mass is 16.2. The maximum absolute atomic E-state index is 13.4. The Bertz CT molecular complexity index is 1290. The van der Waals surface area contributed by atoms with E-state index in [1.807, 2.05) is 66.7 Å². The van der Waals surface area contributed by atoms with E-state index in [9.17, 15) is 14.4 Å². The largest absolute Gasteiger partial charge is 0.370 e. The van der Waals surface area contributed by atoms with E-state index in [2.05, 4.69) is 15.6 Å². The van der Waals surface area contributed by atoms with Gasteiger partial charge in [0.25, 0.3) is 0 Å².